The van der Waals surface area contributed by atoms with Crippen molar-refractivity contribution in [1.29, 1.82) is 0 Å². The number of carbonyl (C=O) groups excluding carboxylic acids is 3. The summed E-state index contributed by atoms with van der Waals surface area (Å²) in [6.07, 6.45) is 1.07. The number of nitrogens with one attached hydrogen (secondary N) is 3. The van der Waals surface area contributed by atoms with Crippen molar-refractivity contribution >= 4 is 28.6 Å². The number of rotatable bonds is 7. The Kier molecular flexibility index (Phi) is 6.65. The van der Waals surface area contributed by atoms with E-state index in [4.69, 9.17) is 5.73 Å². The highest BCUT2D eigenvalue weighted by molar-refractivity contribution is 5.96. The predicted octanol–water partition coefficient (Wildman–Crippen LogP) is 2.83. The number of H-pyrrole nitrogens is 1. The van der Waals surface area contributed by atoms with Crippen molar-refractivity contribution in [2.75, 3.05) is 0 Å². The summed E-state index contributed by atoms with van der Waals surface area (Å²) in [7, 11) is 0. The molecule has 3 amide bonds. The van der Waals surface area contributed by atoms with Gasteiger partial charge in [-0.05, 0) is 54.5 Å². The van der Waals surface area contributed by atoms with Crippen LogP contribution in [0.5, 0.6) is 0 Å². The number of benzene rings is 2. The Labute approximate surface area is 203 Å². The Balaban J connectivity index is 1.66. The number of nitrogens with two attached hydrogens (primary N) is 1. The largest absolute Gasteiger partial charge is 0.368 e. The third-order valence-corrected chi connectivity index (χ3v) is 6.86. The molecular weight excluding hydrogens is 447 g/mol. The van der Waals surface area contributed by atoms with Crippen LogP contribution in [-0.2, 0) is 33.6 Å². The van der Waals surface area contributed by atoms with Gasteiger partial charge in [-0.1, -0.05) is 44.2 Å². The van der Waals surface area contributed by atoms with Gasteiger partial charge in [-0.3, -0.25) is 14.4 Å². The maximum atomic E-state index is 14.0. The number of fused-ring (bicyclic) bond motifs is 3. The standard InChI is InChI=1S/C27H31FN4O3/c1-15(2)24(25(29)34)31-26(35)27(32-23(33)13-17-9-8-16(3)20(28)12-17)11-10-22-19(14-27)18-6-4-5-7-21(18)30-22/h4-9,12,15,24,30H,10-11,13-14H2,1-3H3,(H2,29,34)(H,31,35)(H,32,33)/t24-,27+/m0/s1. The molecule has 2 atom stereocenters. The van der Waals surface area contributed by atoms with Gasteiger partial charge in [0.1, 0.15) is 17.4 Å². The van der Waals surface area contributed by atoms with Crippen LogP contribution < -0.4 is 16.4 Å². The van der Waals surface area contributed by atoms with Crippen molar-refractivity contribution in [3.8, 4) is 0 Å². The predicted molar refractivity (Wildman–Crippen MR) is 132 cm³/mol. The molecule has 35 heavy (non-hydrogen) atoms. The number of aromatic nitrogens is 1. The van der Waals surface area contributed by atoms with E-state index in [1.165, 1.54) is 6.07 Å². The SMILES string of the molecule is Cc1ccc(CC(=O)N[C@]2(C(=O)N[C@H](C(N)=O)C(C)C)CCc3[nH]c4ccccc4c3C2)cc1F. The van der Waals surface area contributed by atoms with E-state index in [-0.39, 0.29) is 24.6 Å². The number of para-hydroxylation sites is 1. The second-order valence-corrected chi connectivity index (χ2v) is 9.79. The second-order valence-electron chi connectivity index (χ2n) is 9.79. The number of hydrogen-bond donors (Lipinski definition) is 4. The summed E-state index contributed by atoms with van der Waals surface area (Å²) >= 11 is 0. The molecule has 0 bridgehead atoms. The van der Waals surface area contributed by atoms with Gasteiger partial charge in [0.25, 0.3) is 0 Å². The Bertz CT molecular complexity index is 1300. The molecule has 0 aliphatic heterocycles. The minimum absolute atomic E-state index is 0.0730. The van der Waals surface area contributed by atoms with E-state index in [0.29, 0.717) is 24.0 Å². The number of carbonyl (C=O) groups is 3. The van der Waals surface area contributed by atoms with E-state index < -0.39 is 29.3 Å². The molecule has 0 fully saturated rings. The molecule has 0 unspecified atom stereocenters. The first-order valence-corrected chi connectivity index (χ1v) is 11.8. The number of primary amides is 1. The molecule has 3 aromatic rings. The van der Waals surface area contributed by atoms with Gasteiger partial charge < -0.3 is 21.4 Å². The summed E-state index contributed by atoms with van der Waals surface area (Å²) in [5.41, 5.74) is 8.23. The smallest absolute Gasteiger partial charge is 0.246 e. The van der Waals surface area contributed by atoms with E-state index in [2.05, 4.69) is 15.6 Å². The zero-order valence-corrected chi connectivity index (χ0v) is 20.2. The molecule has 184 valence electrons. The summed E-state index contributed by atoms with van der Waals surface area (Å²) in [6.45, 7) is 5.25. The van der Waals surface area contributed by atoms with E-state index >= 15 is 0 Å². The molecule has 0 radical (unpaired) electrons. The average Bonchev–Trinajstić information content (AvgIpc) is 3.17. The maximum Gasteiger partial charge on any atom is 0.246 e. The third kappa shape index (κ3) is 4.92. The number of halogens is 1. The van der Waals surface area contributed by atoms with Crippen molar-refractivity contribution in [2.24, 2.45) is 11.7 Å². The fourth-order valence-electron chi connectivity index (χ4n) is 4.85. The van der Waals surface area contributed by atoms with Crippen molar-refractivity contribution < 1.29 is 18.8 Å². The van der Waals surface area contributed by atoms with Gasteiger partial charge in [0.05, 0.1) is 6.42 Å². The summed E-state index contributed by atoms with van der Waals surface area (Å²) in [5.74, 6) is -2.08. The highest BCUT2D eigenvalue weighted by atomic mass is 19.1. The minimum atomic E-state index is -1.28. The van der Waals surface area contributed by atoms with Gasteiger partial charge >= 0.3 is 0 Å². The Morgan fingerprint density at radius 2 is 1.91 bits per heavy atom. The van der Waals surface area contributed by atoms with Gasteiger partial charge in [-0.2, -0.15) is 0 Å². The first kappa shape index (κ1) is 24.4. The number of aromatic amines is 1. The molecule has 0 spiro atoms. The third-order valence-electron chi connectivity index (χ3n) is 6.86. The average molecular weight is 479 g/mol. The van der Waals surface area contributed by atoms with Gasteiger partial charge in [0.15, 0.2) is 0 Å². The maximum absolute atomic E-state index is 14.0. The van der Waals surface area contributed by atoms with Crippen LogP contribution in [0.3, 0.4) is 0 Å². The van der Waals surface area contributed by atoms with Crippen LogP contribution in [0.1, 0.15) is 42.7 Å². The second kappa shape index (κ2) is 9.52. The van der Waals surface area contributed by atoms with Crippen molar-refractivity contribution in [2.45, 2.75) is 58.0 Å². The summed E-state index contributed by atoms with van der Waals surface area (Å²) in [4.78, 5) is 42.2. The summed E-state index contributed by atoms with van der Waals surface area (Å²) in [5, 5.41) is 6.73. The van der Waals surface area contributed by atoms with Crippen LogP contribution in [0.25, 0.3) is 10.9 Å². The van der Waals surface area contributed by atoms with Crippen LogP contribution in [0.15, 0.2) is 42.5 Å². The Morgan fingerprint density at radius 1 is 1.17 bits per heavy atom. The van der Waals surface area contributed by atoms with Gasteiger partial charge in [0.2, 0.25) is 17.7 Å². The van der Waals surface area contributed by atoms with E-state index in [0.717, 1.165) is 22.2 Å². The fourth-order valence-corrected chi connectivity index (χ4v) is 4.85. The fraction of sp³-hybridized carbons (Fsp3) is 0.370. The van der Waals surface area contributed by atoms with E-state index in [1.54, 1.807) is 32.9 Å². The lowest BCUT2D eigenvalue weighted by atomic mass is 9.78. The molecule has 0 saturated carbocycles. The minimum Gasteiger partial charge on any atom is -0.368 e. The molecule has 0 saturated heterocycles. The lowest BCUT2D eigenvalue weighted by Gasteiger charge is -2.38. The van der Waals surface area contributed by atoms with Crippen LogP contribution in [0.2, 0.25) is 0 Å². The van der Waals surface area contributed by atoms with Crippen molar-refractivity contribution in [1.82, 2.24) is 15.6 Å². The highest BCUT2D eigenvalue weighted by Crippen LogP contribution is 2.34. The molecule has 8 heteroatoms. The van der Waals surface area contributed by atoms with Crippen LogP contribution in [0, 0.1) is 18.7 Å². The molecule has 1 aromatic heterocycles. The summed E-state index contributed by atoms with van der Waals surface area (Å²) in [6, 6.07) is 11.6. The van der Waals surface area contributed by atoms with Crippen molar-refractivity contribution in [3.63, 3.8) is 0 Å². The Hall–Kier alpha value is -3.68. The molecule has 2 aromatic carbocycles. The molecule has 5 N–H and O–H groups in total. The first-order chi connectivity index (χ1) is 16.6. The topological polar surface area (TPSA) is 117 Å². The van der Waals surface area contributed by atoms with E-state index in [9.17, 15) is 18.8 Å². The molecular formula is C27H31FN4O3. The monoisotopic (exact) mass is 478 g/mol. The lowest BCUT2D eigenvalue weighted by Crippen LogP contribution is -2.64. The zero-order chi connectivity index (χ0) is 25.3. The number of amides is 3. The summed E-state index contributed by atoms with van der Waals surface area (Å²) < 4.78 is 14.0. The van der Waals surface area contributed by atoms with Crippen LogP contribution >= 0.6 is 0 Å². The molecule has 1 heterocycles. The van der Waals surface area contributed by atoms with Gasteiger partial charge in [-0.25, -0.2) is 4.39 Å². The quantitative estimate of drug-likeness (QED) is 0.418. The van der Waals surface area contributed by atoms with Gasteiger partial charge in [-0.15, -0.1) is 0 Å². The van der Waals surface area contributed by atoms with Crippen LogP contribution in [-0.4, -0.2) is 34.3 Å². The first-order valence-electron chi connectivity index (χ1n) is 11.8. The Morgan fingerprint density at radius 3 is 2.60 bits per heavy atom. The zero-order valence-electron chi connectivity index (χ0n) is 20.2. The van der Waals surface area contributed by atoms with Crippen molar-refractivity contribution in [3.05, 3.63) is 70.7 Å². The highest BCUT2D eigenvalue weighted by Gasteiger charge is 2.45. The van der Waals surface area contributed by atoms with Gasteiger partial charge in [0, 0.05) is 23.0 Å². The van der Waals surface area contributed by atoms with E-state index in [1.807, 2.05) is 24.3 Å². The number of hydrogen-bond acceptors (Lipinski definition) is 3. The molecule has 1 aliphatic carbocycles. The molecule has 7 nitrogen and oxygen atoms in total. The van der Waals surface area contributed by atoms with Crippen LogP contribution in [0.4, 0.5) is 4.39 Å². The molecule has 1 aliphatic rings. The number of aryl methyl sites for hydroxylation is 2. The molecule has 4 rings (SSSR count). The normalized spacial score (nSPS) is 18.2. The lowest BCUT2D eigenvalue weighted by molar-refractivity contribution is -0.136.